The smallest absolute Gasteiger partial charge is 0.260 e. The van der Waals surface area contributed by atoms with Crippen LogP contribution in [0.3, 0.4) is 0 Å². The van der Waals surface area contributed by atoms with E-state index in [0.717, 1.165) is 9.52 Å². The molecule has 16 heavy (non-hydrogen) atoms. The van der Waals surface area contributed by atoms with Gasteiger partial charge < -0.3 is 4.43 Å². The monoisotopic (exact) mass is 256 g/mol. The molecule has 0 saturated heterocycles. The predicted molar refractivity (Wildman–Crippen MR) is 72.6 cm³/mol. The number of nitrogens with zero attached hydrogens (tertiary/aromatic N) is 2. The van der Waals surface area contributed by atoms with Crippen LogP contribution < -0.4 is 0 Å². The van der Waals surface area contributed by atoms with Crippen molar-refractivity contribution in [1.82, 2.24) is 9.80 Å². The molecule has 0 saturated carbocycles. The quantitative estimate of drug-likeness (QED) is 0.521. The molecule has 92 valence electrons. The third kappa shape index (κ3) is 8.23. The van der Waals surface area contributed by atoms with Crippen LogP contribution in [-0.2, 0) is 4.43 Å². The van der Waals surface area contributed by atoms with E-state index >= 15 is 0 Å². The van der Waals surface area contributed by atoms with Gasteiger partial charge in [-0.05, 0) is 49.0 Å². The molecule has 0 bridgehead atoms. The zero-order chi connectivity index (χ0) is 12.8. The van der Waals surface area contributed by atoms with Crippen molar-refractivity contribution in [2.75, 3.05) is 28.2 Å². The third-order valence-corrected chi connectivity index (χ3v) is 4.80. The summed E-state index contributed by atoms with van der Waals surface area (Å²) in [6, 6.07) is 0. The standard InChI is InChI=1S/C11H24N2OSi2/c1-11(2,3)14-16-9-8-15-10(12(4)5)13(6)7/h8-10H,1-7H3. The number of hydrogen-bond acceptors (Lipinski definition) is 3. The van der Waals surface area contributed by atoms with Crippen molar-refractivity contribution in [2.24, 2.45) is 0 Å². The first-order chi connectivity index (χ1) is 7.24. The minimum atomic E-state index is -0.0333. The van der Waals surface area contributed by atoms with Gasteiger partial charge in [0.15, 0.2) is 0 Å². The lowest BCUT2D eigenvalue weighted by molar-refractivity contribution is 0.141. The fourth-order valence-electron chi connectivity index (χ4n) is 1.14. The highest BCUT2D eigenvalue weighted by Crippen LogP contribution is 2.04. The fourth-order valence-corrected chi connectivity index (χ4v) is 2.99. The first-order valence-electron chi connectivity index (χ1n) is 5.41. The molecule has 0 aromatic rings. The first-order valence-corrected chi connectivity index (χ1v) is 7.55. The van der Waals surface area contributed by atoms with E-state index in [-0.39, 0.29) is 5.60 Å². The zero-order valence-corrected chi connectivity index (χ0v) is 13.5. The fraction of sp³-hybridized carbons (Fsp3) is 0.818. The molecule has 0 N–H and O–H groups in total. The molecule has 0 heterocycles. The zero-order valence-electron chi connectivity index (χ0n) is 11.5. The van der Waals surface area contributed by atoms with Gasteiger partial charge >= 0.3 is 0 Å². The van der Waals surface area contributed by atoms with E-state index < -0.39 is 0 Å². The molecule has 0 rings (SSSR count). The minimum absolute atomic E-state index is 0.0333. The van der Waals surface area contributed by atoms with Gasteiger partial charge in [0.1, 0.15) is 9.52 Å². The van der Waals surface area contributed by atoms with Crippen LogP contribution in [0.25, 0.3) is 0 Å². The summed E-state index contributed by atoms with van der Waals surface area (Å²) in [7, 11) is 9.68. The van der Waals surface area contributed by atoms with Crippen LogP contribution in [0.2, 0.25) is 0 Å². The molecule has 0 fully saturated rings. The molecule has 0 aromatic carbocycles. The highest BCUT2D eigenvalue weighted by Gasteiger charge is 2.12. The van der Waals surface area contributed by atoms with Gasteiger partial charge in [-0.25, -0.2) is 0 Å². The van der Waals surface area contributed by atoms with E-state index in [9.17, 15) is 0 Å². The first kappa shape index (κ1) is 16.1. The summed E-state index contributed by atoms with van der Waals surface area (Å²) in [6.07, 6.45) is 0. The second kappa shape index (κ2) is 7.39. The molecule has 0 unspecified atom stereocenters. The van der Waals surface area contributed by atoms with Crippen LogP contribution in [-0.4, -0.2) is 68.7 Å². The molecular formula is C11H24N2OSi2. The van der Waals surface area contributed by atoms with Crippen LogP contribution in [0.1, 0.15) is 20.8 Å². The second-order valence-electron chi connectivity index (χ2n) is 5.13. The molecule has 0 atom stereocenters. The topological polar surface area (TPSA) is 15.7 Å². The van der Waals surface area contributed by atoms with E-state index in [2.05, 4.69) is 70.2 Å². The van der Waals surface area contributed by atoms with Gasteiger partial charge in [-0.15, -0.1) is 5.70 Å². The van der Waals surface area contributed by atoms with Gasteiger partial charge in [0, 0.05) is 5.60 Å². The predicted octanol–water partition coefficient (Wildman–Crippen LogP) is 1.00. The molecule has 0 aromatic heterocycles. The van der Waals surface area contributed by atoms with Gasteiger partial charge in [-0.2, -0.15) is 0 Å². The highest BCUT2D eigenvalue weighted by molar-refractivity contribution is 6.47. The lowest BCUT2D eigenvalue weighted by atomic mass is 10.2. The van der Waals surface area contributed by atoms with Crippen LogP contribution in [0.4, 0.5) is 0 Å². The van der Waals surface area contributed by atoms with Crippen molar-refractivity contribution in [2.45, 2.75) is 32.2 Å². The lowest BCUT2D eigenvalue weighted by Gasteiger charge is -2.29. The van der Waals surface area contributed by atoms with E-state index in [4.69, 9.17) is 4.43 Å². The summed E-state index contributed by atoms with van der Waals surface area (Å²) in [6.45, 7) is 6.25. The average molecular weight is 256 g/mol. The summed E-state index contributed by atoms with van der Waals surface area (Å²) in [4.78, 5) is 4.47. The SMILES string of the molecule is CN(C)C([Si]C=C[Si]OC(C)(C)C)N(C)C. The summed E-state index contributed by atoms with van der Waals surface area (Å²) in [5, 5.41) is 0. The maximum atomic E-state index is 5.65. The summed E-state index contributed by atoms with van der Waals surface area (Å²) < 4.78 is 5.65. The van der Waals surface area contributed by atoms with Gasteiger partial charge in [-0.3, -0.25) is 9.80 Å². The van der Waals surface area contributed by atoms with E-state index in [0.29, 0.717) is 15.6 Å². The normalized spacial score (nSPS) is 13.6. The maximum absolute atomic E-state index is 5.65. The Kier molecular flexibility index (Phi) is 7.42. The van der Waals surface area contributed by atoms with E-state index in [1.54, 1.807) is 0 Å². The van der Waals surface area contributed by atoms with Crippen molar-refractivity contribution >= 4 is 19.3 Å². The molecule has 0 aliphatic rings. The summed E-state index contributed by atoms with van der Waals surface area (Å²) in [5.41, 5.74) is 4.34. The van der Waals surface area contributed by atoms with Crippen molar-refractivity contribution in [3.8, 4) is 0 Å². The van der Waals surface area contributed by atoms with Crippen molar-refractivity contribution in [3.05, 3.63) is 11.4 Å². The van der Waals surface area contributed by atoms with E-state index in [1.165, 1.54) is 0 Å². The molecule has 3 nitrogen and oxygen atoms in total. The highest BCUT2D eigenvalue weighted by atomic mass is 28.2. The Morgan fingerprint density at radius 3 is 1.88 bits per heavy atom. The summed E-state index contributed by atoms with van der Waals surface area (Å²) in [5.74, 6) is 0.482. The Hall–Kier alpha value is 0.0538. The molecule has 0 aliphatic heterocycles. The van der Waals surface area contributed by atoms with Gasteiger partial charge in [0.25, 0.3) is 9.76 Å². The van der Waals surface area contributed by atoms with Crippen LogP contribution in [0.5, 0.6) is 0 Å². The number of rotatable bonds is 6. The van der Waals surface area contributed by atoms with E-state index in [1.807, 2.05) is 0 Å². The third-order valence-electron chi connectivity index (χ3n) is 1.74. The van der Waals surface area contributed by atoms with Crippen molar-refractivity contribution in [3.63, 3.8) is 0 Å². The van der Waals surface area contributed by atoms with Crippen LogP contribution >= 0.6 is 0 Å². The Morgan fingerprint density at radius 2 is 1.50 bits per heavy atom. The number of hydrogen-bond donors (Lipinski definition) is 0. The molecule has 0 aliphatic carbocycles. The van der Waals surface area contributed by atoms with Gasteiger partial charge in [0.05, 0.1) is 5.79 Å². The Morgan fingerprint density at radius 1 is 1.00 bits per heavy atom. The average Bonchev–Trinajstić information content (AvgIpc) is 2.07. The molecule has 0 amide bonds. The Balaban J connectivity index is 3.89. The van der Waals surface area contributed by atoms with Crippen molar-refractivity contribution < 1.29 is 4.43 Å². The lowest BCUT2D eigenvalue weighted by Crippen LogP contribution is -2.44. The maximum Gasteiger partial charge on any atom is 0.260 e. The van der Waals surface area contributed by atoms with Crippen LogP contribution in [0.15, 0.2) is 11.4 Å². The van der Waals surface area contributed by atoms with Gasteiger partial charge in [0.2, 0.25) is 0 Å². The van der Waals surface area contributed by atoms with Crippen LogP contribution in [0, 0.1) is 0 Å². The second-order valence-corrected chi connectivity index (χ2v) is 7.09. The summed E-state index contributed by atoms with van der Waals surface area (Å²) >= 11 is 0. The molecule has 4 radical (unpaired) electrons. The Bertz CT molecular complexity index is 205. The minimum Gasteiger partial charge on any atom is -0.407 e. The largest absolute Gasteiger partial charge is 0.407 e. The molecule has 0 spiro atoms. The molecular weight excluding hydrogens is 232 g/mol. The van der Waals surface area contributed by atoms with Crippen molar-refractivity contribution in [1.29, 1.82) is 0 Å². The molecule has 5 heteroatoms. The van der Waals surface area contributed by atoms with Gasteiger partial charge in [-0.1, -0.05) is 5.70 Å². The Labute approximate surface area is 106 Å².